The zero-order valence-corrected chi connectivity index (χ0v) is 13.3. The minimum atomic E-state index is 0.0943. The maximum absolute atomic E-state index is 12.0. The number of hydrogen-bond acceptors (Lipinski definition) is 4. The van der Waals surface area contributed by atoms with Gasteiger partial charge in [0.05, 0.1) is 5.75 Å². The molecule has 1 aromatic rings. The first kappa shape index (κ1) is 15.3. The van der Waals surface area contributed by atoms with Crippen LogP contribution in [0.4, 0.5) is 0 Å². The molecule has 0 bridgehead atoms. The molecule has 1 aromatic heterocycles. The molecule has 1 fully saturated rings. The Bertz CT molecular complexity index is 458. The smallest absolute Gasteiger partial charge is 0.230 e. The van der Waals surface area contributed by atoms with E-state index in [1.165, 1.54) is 24.6 Å². The normalized spacial score (nSPS) is 22.6. The summed E-state index contributed by atoms with van der Waals surface area (Å²) in [6, 6.07) is 2.29. The van der Waals surface area contributed by atoms with Crippen LogP contribution in [-0.4, -0.2) is 27.7 Å². The number of rotatable bonds is 4. The Morgan fingerprint density at radius 3 is 2.70 bits per heavy atom. The van der Waals surface area contributed by atoms with Crippen molar-refractivity contribution in [3.05, 3.63) is 17.5 Å². The number of aryl methyl sites for hydroxylation is 2. The molecule has 2 rings (SSSR count). The first-order valence-electron chi connectivity index (χ1n) is 7.27. The van der Waals surface area contributed by atoms with Crippen molar-refractivity contribution in [2.45, 2.75) is 57.7 Å². The van der Waals surface area contributed by atoms with Gasteiger partial charge in [0.25, 0.3) is 0 Å². The molecule has 4 nitrogen and oxygen atoms in total. The van der Waals surface area contributed by atoms with Gasteiger partial charge in [-0.25, -0.2) is 9.97 Å². The zero-order valence-electron chi connectivity index (χ0n) is 12.5. The van der Waals surface area contributed by atoms with Gasteiger partial charge < -0.3 is 5.32 Å². The van der Waals surface area contributed by atoms with Gasteiger partial charge in [0.2, 0.25) is 5.91 Å². The van der Waals surface area contributed by atoms with Crippen LogP contribution >= 0.6 is 11.8 Å². The topological polar surface area (TPSA) is 54.9 Å². The molecule has 110 valence electrons. The molecule has 2 unspecified atom stereocenters. The van der Waals surface area contributed by atoms with E-state index in [0.717, 1.165) is 30.1 Å². The van der Waals surface area contributed by atoms with Crippen LogP contribution in [-0.2, 0) is 4.79 Å². The molecule has 1 N–H and O–H groups in total. The Balaban J connectivity index is 1.79. The second-order valence-corrected chi connectivity index (χ2v) is 6.70. The van der Waals surface area contributed by atoms with Crippen LogP contribution in [0.5, 0.6) is 0 Å². The van der Waals surface area contributed by atoms with Crippen molar-refractivity contribution in [3.63, 3.8) is 0 Å². The third-order valence-corrected chi connectivity index (χ3v) is 4.44. The maximum atomic E-state index is 12.0. The van der Waals surface area contributed by atoms with E-state index in [2.05, 4.69) is 22.2 Å². The van der Waals surface area contributed by atoms with Gasteiger partial charge in [0.15, 0.2) is 5.16 Å². The molecule has 0 spiro atoms. The third kappa shape index (κ3) is 4.78. The third-order valence-electron chi connectivity index (χ3n) is 3.60. The molecule has 0 saturated heterocycles. The highest BCUT2D eigenvalue weighted by Gasteiger charge is 2.20. The predicted octanol–water partition coefficient (Wildman–Crippen LogP) is 2.88. The van der Waals surface area contributed by atoms with Crippen molar-refractivity contribution < 1.29 is 4.79 Å². The number of nitrogens with one attached hydrogen (secondary N) is 1. The van der Waals surface area contributed by atoms with Crippen LogP contribution in [0.2, 0.25) is 0 Å². The predicted molar refractivity (Wildman–Crippen MR) is 81.8 cm³/mol. The van der Waals surface area contributed by atoms with Gasteiger partial charge in [0.1, 0.15) is 0 Å². The lowest BCUT2D eigenvalue weighted by Gasteiger charge is -2.27. The minimum Gasteiger partial charge on any atom is -0.353 e. The molecule has 0 aromatic carbocycles. The van der Waals surface area contributed by atoms with Gasteiger partial charge in [-0.3, -0.25) is 4.79 Å². The Kier molecular flexibility index (Phi) is 5.40. The van der Waals surface area contributed by atoms with Gasteiger partial charge in [-0.2, -0.15) is 0 Å². The minimum absolute atomic E-state index is 0.0943. The summed E-state index contributed by atoms with van der Waals surface area (Å²) in [5, 5.41) is 3.82. The Labute approximate surface area is 125 Å². The van der Waals surface area contributed by atoms with Gasteiger partial charge in [-0.15, -0.1) is 0 Å². The van der Waals surface area contributed by atoms with Crippen LogP contribution in [0, 0.1) is 19.8 Å². The lowest BCUT2D eigenvalue weighted by atomic mass is 9.87. The van der Waals surface area contributed by atoms with E-state index >= 15 is 0 Å². The second kappa shape index (κ2) is 7.07. The fourth-order valence-electron chi connectivity index (χ4n) is 2.72. The van der Waals surface area contributed by atoms with Gasteiger partial charge in [0, 0.05) is 17.4 Å². The maximum Gasteiger partial charge on any atom is 0.230 e. The molecule has 1 amide bonds. The van der Waals surface area contributed by atoms with Crippen molar-refractivity contribution in [1.82, 2.24) is 15.3 Å². The number of carbonyl (C=O) groups is 1. The Morgan fingerprint density at radius 2 is 2.05 bits per heavy atom. The average molecular weight is 293 g/mol. The summed E-state index contributed by atoms with van der Waals surface area (Å²) in [6.45, 7) is 6.15. The molecule has 1 aliphatic rings. The highest BCUT2D eigenvalue weighted by atomic mass is 32.2. The quantitative estimate of drug-likeness (QED) is 0.685. The summed E-state index contributed by atoms with van der Waals surface area (Å²) in [5.41, 5.74) is 1.89. The summed E-state index contributed by atoms with van der Waals surface area (Å²) >= 11 is 1.41. The fraction of sp³-hybridized carbons (Fsp3) is 0.667. The first-order chi connectivity index (χ1) is 9.52. The molecule has 1 saturated carbocycles. The summed E-state index contributed by atoms with van der Waals surface area (Å²) < 4.78 is 0. The summed E-state index contributed by atoms with van der Waals surface area (Å²) in [5.74, 6) is 1.22. The Morgan fingerprint density at radius 1 is 1.35 bits per heavy atom. The van der Waals surface area contributed by atoms with Crippen molar-refractivity contribution in [2.75, 3.05) is 5.75 Å². The van der Waals surface area contributed by atoms with Crippen molar-refractivity contribution in [2.24, 2.45) is 5.92 Å². The van der Waals surface area contributed by atoms with Crippen LogP contribution in [0.3, 0.4) is 0 Å². The summed E-state index contributed by atoms with van der Waals surface area (Å²) in [4.78, 5) is 20.6. The molecule has 2 atom stereocenters. The monoisotopic (exact) mass is 293 g/mol. The van der Waals surface area contributed by atoms with E-state index in [1.54, 1.807) is 0 Å². The second-order valence-electron chi connectivity index (χ2n) is 5.76. The standard InChI is InChI=1S/C15H23N3OS/c1-10-5-4-6-13(7-10)18-14(19)9-20-15-16-11(2)8-12(3)17-15/h8,10,13H,4-7,9H2,1-3H3,(H,18,19). The molecule has 20 heavy (non-hydrogen) atoms. The number of aromatic nitrogens is 2. The Hall–Kier alpha value is -1.10. The van der Waals surface area contributed by atoms with Gasteiger partial charge >= 0.3 is 0 Å². The molecular weight excluding hydrogens is 270 g/mol. The van der Waals surface area contributed by atoms with Crippen LogP contribution in [0.15, 0.2) is 11.2 Å². The highest BCUT2D eigenvalue weighted by molar-refractivity contribution is 7.99. The number of thioether (sulfide) groups is 1. The summed E-state index contributed by atoms with van der Waals surface area (Å²) in [6.07, 6.45) is 4.73. The number of carbonyl (C=O) groups excluding carboxylic acids is 1. The van der Waals surface area contributed by atoms with Crippen molar-refractivity contribution in [3.8, 4) is 0 Å². The van der Waals surface area contributed by atoms with E-state index in [0.29, 0.717) is 17.0 Å². The lowest BCUT2D eigenvalue weighted by Crippen LogP contribution is -2.38. The van der Waals surface area contributed by atoms with Gasteiger partial charge in [-0.05, 0) is 38.7 Å². The van der Waals surface area contributed by atoms with Crippen molar-refractivity contribution >= 4 is 17.7 Å². The number of amides is 1. The number of nitrogens with zero attached hydrogens (tertiary/aromatic N) is 2. The van der Waals surface area contributed by atoms with E-state index in [4.69, 9.17) is 0 Å². The SMILES string of the molecule is Cc1cc(C)nc(SCC(=O)NC2CCCC(C)C2)n1. The molecule has 0 aliphatic heterocycles. The van der Waals surface area contributed by atoms with Crippen LogP contribution in [0.1, 0.15) is 44.0 Å². The lowest BCUT2D eigenvalue weighted by molar-refractivity contribution is -0.119. The van der Waals surface area contributed by atoms with E-state index < -0.39 is 0 Å². The van der Waals surface area contributed by atoms with Crippen LogP contribution < -0.4 is 5.32 Å². The molecule has 5 heteroatoms. The summed E-state index contributed by atoms with van der Waals surface area (Å²) in [7, 11) is 0. The molecular formula is C15H23N3OS. The first-order valence-corrected chi connectivity index (χ1v) is 8.26. The van der Waals surface area contributed by atoms with Crippen LogP contribution in [0.25, 0.3) is 0 Å². The van der Waals surface area contributed by atoms with Crippen molar-refractivity contribution in [1.29, 1.82) is 0 Å². The largest absolute Gasteiger partial charge is 0.353 e. The number of hydrogen-bond donors (Lipinski definition) is 1. The van der Waals surface area contributed by atoms with Gasteiger partial charge in [-0.1, -0.05) is 31.5 Å². The van der Waals surface area contributed by atoms with E-state index in [-0.39, 0.29) is 5.91 Å². The molecule has 1 heterocycles. The van der Waals surface area contributed by atoms with E-state index in [9.17, 15) is 4.79 Å². The highest BCUT2D eigenvalue weighted by Crippen LogP contribution is 2.23. The molecule has 0 radical (unpaired) electrons. The molecule has 1 aliphatic carbocycles. The zero-order chi connectivity index (χ0) is 14.5. The average Bonchev–Trinajstić information content (AvgIpc) is 2.35. The van der Waals surface area contributed by atoms with E-state index in [1.807, 2.05) is 19.9 Å². The fourth-order valence-corrected chi connectivity index (χ4v) is 3.48.